The monoisotopic (exact) mass is 389 g/mol. The predicted molar refractivity (Wildman–Crippen MR) is 111 cm³/mol. The van der Waals surface area contributed by atoms with E-state index in [1.54, 1.807) is 6.20 Å². The van der Waals surface area contributed by atoms with Gasteiger partial charge in [0.2, 0.25) is 6.34 Å². The second-order valence-corrected chi connectivity index (χ2v) is 7.63. The summed E-state index contributed by atoms with van der Waals surface area (Å²) < 4.78 is 20.4. The minimum atomic E-state index is -0.321. The minimum absolute atomic E-state index is 0.316. The number of halogens is 1. The summed E-state index contributed by atoms with van der Waals surface area (Å²) >= 11 is 0. The summed E-state index contributed by atoms with van der Waals surface area (Å²) in [6.07, 6.45) is 11.3. The van der Waals surface area contributed by atoms with E-state index in [0.29, 0.717) is 28.9 Å². The second kappa shape index (κ2) is 7.39. The van der Waals surface area contributed by atoms with E-state index < -0.39 is 0 Å². The van der Waals surface area contributed by atoms with Gasteiger partial charge in [-0.25, -0.2) is 9.38 Å². The maximum absolute atomic E-state index is 14.2. The molecule has 1 unspecified atom stereocenters. The third kappa shape index (κ3) is 3.52. The second-order valence-electron chi connectivity index (χ2n) is 7.63. The van der Waals surface area contributed by atoms with Crippen LogP contribution in [0.5, 0.6) is 5.75 Å². The van der Waals surface area contributed by atoms with Crippen LogP contribution in [-0.4, -0.2) is 23.2 Å². The van der Waals surface area contributed by atoms with Gasteiger partial charge in [-0.05, 0) is 42.0 Å². The molecule has 0 radical (unpaired) electrons. The van der Waals surface area contributed by atoms with Gasteiger partial charge in [-0.2, -0.15) is 0 Å². The van der Waals surface area contributed by atoms with E-state index in [4.69, 9.17) is 4.74 Å². The molecule has 2 heterocycles. The lowest BCUT2D eigenvalue weighted by molar-refractivity contribution is -0.788. The van der Waals surface area contributed by atoms with Crippen LogP contribution in [0.4, 0.5) is 4.39 Å². The van der Waals surface area contributed by atoms with Crippen molar-refractivity contribution in [2.75, 3.05) is 0 Å². The molecule has 0 amide bonds. The summed E-state index contributed by atoms with van der Waals surface area (Å²) in [6, 6.07) is 15.4. The van der Waals surface area contributed by atoms with Gasteiger partial charge in [-0.15, -0.1) is 10.0 Å². The van der Waals surface area contributed by atoms with Crippen LogP contribution in [0.3, 0.4) is 0 Å². The van der Waals surface area contributed by atoms with Crippen LogP contribution in [0.25, 0.3) is 0 Å². The molecule has 6 heteroatoms. The van der Waals surface area contributed by atoms with Gasteiger partial charge in [0.05, 0.1) is 24.7 Å². The largest absolute Gasteiger partial charge is 0.486 e. The zero-order chi connectivity index (χ0) is 19.7. The number of allylic oxidation sites excluding steroid dienone is 1. The van der Waals surface area contributed by atoms with E-state index in [1.807, 2.05) is 67.4 Å². The lowest BCUT2D eigenvalue weighted by Crippen LogP contribution is -2.58. The Morgan fingerprint density at radius 1 is 1.10 bits per heavy atom. The zero-order valence-electron chi connectivity index (χ0n) is 15.9. The molecule has 29 heavy (non-hydrogen) atoms. The van der Waals surface area contributed by atoms with Crippen LogP contribution in [-0.2, 0) is 6.61 Å². The minimum Gasteiger partial charge on any atom is -0.486 e. The van der Waals surface area contributed by atoms with E-state index in [0.717, 1.165) is 29.7 Å². The molecule has 2 aromatic rings. The number of nitrogens with zero attached hydrogens (tertiary/aromatic N) is 3. The fourth-order valence-corrected chi connectivity index (χ4v) is 3.96. The highest BCUT2D eigenvalue weighted by atomic mass is 19.1. The summed E-state index contributed by atoms with van der Waals surface area (Å²) in [7, 11) is 0. The fraction of sp³-hybridized carbons (Fsp3) is 0.217. The standard InChI is InChI=1S/C23H22FN4O/c24-22-7-6-18(12-23(22)29-15-17-4-2-1-3-5-17)19-10-20(11-19)27-28-9-8-25-13-21(28)14-26-16-28/h1-9,12-14,16,19-20,27H,10-11,15H2/q+1. The first-order valence-corrected chi connectivity index (χ1v) is 9.80. The van der Waals surface area contributed by atoms with E-state index in [2.05, 4.69) is 15.4 Å². The molecule has 1 N–H and O–H groups in total. The van der Waals surface area contributed by atoms with Gasteiger partial charge in [0.15, 0.2) is 17.3 Å². The van der Waals surface area contributed by atoms with Crippen LogP contribution < -0.4 is 10.2 Å². The number of aliphatic imine (C=N–C) groups is 2. The quantitative estimate of drug-likeness (QED) is 0.744. The third-order valence-corrected chi connectivity index (χ3v) is 5.68. The Bertz CT molecular complexity index is 1020. The van der Waals surface area contributed by atoms with Gasteiger partial charge >= 0.3 is 0 Å². The molecule has 0 saturated heterocycles. The van der Waals surface area contributed by atoms with Crippen molar-refractivity contribution in [1.82, 2.24) is 5.43 Å². The van der Waals surface area contributed by atoms with Crippen LogP contribution in [0.2, 0.25) is 0 Å². The molecule has 0 aromatic heterocycles. The van der Waals surface area contributed by atoms with Crippen molar-refractivity contribution < 1.29 is 13.7 Å². The number of fused-ring (bicyclic) bond motifs is 1. The van der Waals surface area contributed by atoms with Gasteiger partial charge in [0.1, 0.15) is 12.8 Å². The Morgan fingerprint density at radius 2 is 1.97 bits per heavy atom. The molecular formula is C23H22FN4O+. The van der Waals surface area contributed by atoms with Crippen molar-refractivity contribution in [3.8, 4) is 5.75 Å². The van der Waals surface area contributed by atoms with Crippen LogP contribution in [0.1, 0.15) is 29.9 Å². The summed E-state index contributed by atoms with van der Waals surface area (Å²) in [4.78, 5) is 8.45. The molecule has 0 bridgehead atoms. The molecule has 1 fully saturated rings. The van der Waals surface area contributed by atoms with Gasteiger partial charge < -0.3 is 4.74 Å². The smallest absolute Gasteiger partial charge is 0.219 e. The van der Waals surface area contributed by atoms with Crippen molar-refractivity contribution >= 4 is 12.6 Å². The highest BCUT2D eigenvalue weighted by molar-refractivity contribution is 5.81. The number of ether oxygens (including phenoxy) is 1. The maximum atomic E-state index is 14.2. The topological polar surface area (TPSA) is 46.0 Å². The Hall–Kier alpha value is -3.09. The lowest BCUT2D eigenvalue weighted by Gasteiger charge is -2.40. The molecule has 3 aliphatic rings. The zero-order valence-corrected chi connectivity index (χ0v) is 15.9. The molecule has 5 rings (SSSR count). The number of quaternary nitrogens is 1. The number of benzene rings is 2. The maximum Gasteiger partial charge on any atom is 0.219 e. The first-order valence-electron chi connectivity index (χ1n) is 9.80. The molecule has 1 atom stereocenters. The molecule has 5 nitrogen and oxygen atoms in total. The van der Waals surface area contributed by atoms with Crippen LogP contribution in [0.15, 0.2) is 82.8 Å². The first kappa shape index (κ1) is 18.0. The Morgan fingerprint density at radius 3 is 2.83 bits per heavy atom. The molecule has 1 saturated carbocycles. The molecular weight excluding hydrogens is 367 g/mol. The lowest BCUT2D eigenvalue weighted by atomic mass is 9.76. The predicted octanol–water partition coefficient (Wildman–Crippen LogP) is 4.41. The molecule has 2 aromatic carbocycles. The average Bonchev–Trinajstić information content (AvgIpc) is 3.15. The molecule has 1 aliphatic carbocycles. The number of hydrogen-bond acceptors (Lipinski definition) is 4. The van der Waals surface area contributed by atoms with Gasteiger partial charge in [-0.1, -0.05) is 36.4 Å². The van der Waals surface area contributed by atoms with Gasteiger partial charge in [0, 0.05) is 0 Å². The summed E-state index contributed by atoms with van der Waals surface area (Å²) in [6.45, 7) is 0.360. The summed E-state index contributed by atoms with van der Waals surface area (Å²) in [5.74, 6) is 0.384. The van der Waals surface area contributed by atoms with E-state index >= 15 is 0 Å². The van der Waals surface area contributed by atoms with Crippen molar-refractivity contribution in [3.05, 3.63) is 89.8 Å². The number of rotatable bonds is 6. The highest BCUT2D eigenvalue weighted by Gasteiger charge is 2.41. The average molecular weight is 389 g/mol. The van der Waals surface area contributed by atoms with Crippen molar-refractivity contribution in [2.45, 2.75) is 31.4 Å². The normalized spacial score (nSPS) is 26.7. The van der Waals surface area contributed by atoms with Crippen molar-refractivity contribution in [2.24, 2.45) is 9.98 Å². The summed E-state index contributed by atoms with van der Waals surface area (Å²) in [5.41, 5.74) is 6.79. The Kier molecular flexibility index (Phi) is 4.58. The van der Waals surface area contributed by atoms with E-state index in [-0.39, 0.29) is 5.82 Å². The Balaban J connectivity index is 1.22. The SMILES string of the molecule is Fc1ccc(C2CC(N[N+]34C=CN=CC3=CN=C4)C2)cc1OCc1ccccc1. The van der Waals surface area contributed by atoms with Crippen LogP contribution >= 0.6 is 0 Å². The van der Waals surface area contributed by atoms with Gasteiger partial charge in [-0.3, -0.25) is 4.99 Å². The van der Waals surface area contributed by atoms with Crippen LogP contribution in [0, 0.1) is 5.82 Å². The molecule has 146 valence electrons. The third-order valence-electron chi connectivity index (χ3n) is 5.68. The van der Waals surface area contributed by atoms with Crippen molar-refractivity contribution in [1.29, 1.82) is 0 Å². The summed E-state index contributed by atoms with van der Waals surface area (Å²) in [5, 5.41) is 0. The molecule has 0 spiro atoms. The Labute approximate surface area is 169 Å². The molecule has 2 aliphatic heterocycles. The fourth-order valence-electron chi connectivity index (χ4n) is 3.96. The van der Waals surface area contributed by atoms with Gasteiger partial charge in [0.25, 0.3) is 0 Å². The van der Waals surface area contributed by atoms with E-state index in [1.165, 1.54) is 6.07 Å². The number of nitrogens with one attached hydrogen (secondary N) is 1. The number of hydrogen-bond donors (Lipinski definition) is 1. The van der Waals surface area contributed by atoms with E-state index in [9.17, 15) is 4.39 Å². The highest BCUT2D eigenvalue weighted by Crippen LogP contribution is 2.40. The first-order chi connectivity index (χ1) is 14.2. The van der Waals surface area contributed by atoms with Crippen molar-refractivity contribution in [3.63, 3.8) is 0 Å².